The summed E-state index contributed by atoms with van der Waals surface area (Å²) in [5, 5.41) is 0. The minimum atomic E-state index is -0.774. The standard InChI is InChI=1S/C16H19NO3/c1-16(15(18)20-3)10-4-5-11-17(16)12-13-6-8-14(19-2)9-7-13/h4-11H,12H2,1-3H3/t16-/m0/s1. The summed E-state index contributed by atoms with van der Waals surface area (Å²) in [6.45, 7) is 2.47. The third-order valence-electron chi connectivity index (χ3n) is 3.51. The number of benzene rings is 1. The van der Waals surface area contributed by atoms with Gasteiger partial charge in [-0.15, -0.1) is 0 Å². The van der Waals surface area contributed by atoms with Crippen LogP contribution in [0.15, 0.2) is 48.7 Å². The second kappa shape index (κ2) is 5.82. The van der Waals surface area contributed by atoms with E-state index < -0.39 is 5.54 Å². The molecular weight excluding hydrogens is 254 g/mol. The molecule has 0 unspecified atom stereocenters. The highest BCUT2D eigenvalue weighted by atomic mass is 16.5. The molecule has 0 saturated carbocycles. The number of carbonyl (C=O) groups is 1. The van der Waals surface area contributed by atoms with E-state index in [-0.39, 0.29) is 5.97 Å². The van der Waals surface area contributed by atoms with Gasteiger partial charge in [0, 0.05) is 12.7 Å². The van der Waals surface area contributed by atoms with Crippen LogP contribution in [0.25, 0.3) is 0 Å². The van der Waals surface area contributed by atoms with Gasteiger partial charge in [-0.2, -0.15) is 0 Å². The van der Waals surface area contributed by atoms with Crippen molar-refractivity contribution in [1.29, 1.82) is 0 Å². The summed E-state index contributed by atoms with van der Waals surface area (Å²) in [4.78, 5) is 14.0. The van der Waals surface area contributed by atoms with Crippen molar-refractivity contribution < 1.29 is 14.3 Å². The van der Waals surface area contributed by atoms with Gasteiger partial charge in [-0.1, -0.05) is 18.2 Å². The van der Waals surface area contributed by atoms with E-state index in [2.05, 4.69) is 0 Å². The lowest BCUT2D eigenvalue weighted by atomic mass is 9.96. The van der Waals surface area contributed by atoms with Crippen LogP contribution >= 0.6 is 0 Å². The Morgan fingerprint density at radius 2 is 1.90 bits per heavy atom. The molecule has 106 valence electrons. The molecule has 1 atom stereocenters. The number of rotatable bonds is 4. The fraction of sp³-hybridized carbons (Fsp3) is 0.312. The molecular formula is C16H19NO3. The summed E-state index contributed by atoms with van der Waals surface area (Å²) in [5.74, 6) is 0.546. The van der Waals surface area contributed by atoms with Crippen molar-refractivity contribution in [2.45, 2.75) is 19.0 Å². The molecule has 0 aromatic heterocycles. The highest BCUT2D eigenvalue weighted by Crippen LogP contribution is 2.25. The maximum Gasteiger partial charge on any atom is 0.335 e. The first-order valence-corrected chi connectivity index (χ1v) is 6.44. The lowest BCUT2D eigenvalue weighted by Crippen LogP contribution is -2.49. The van der Waals surface area contributed by atoms with Gasteiger partial charge in [0.15, 0.2) is 5.54 Å². The van der Waals surface area contributed by atoms with Crippen LogP contribution in [0.1, 0.15) is 12.5 Å². The van der Waals surface area contributed by atoms with E-state index in [1.165, 1.54) is 7.11 Å². The topological polar surface area (TPSA) is 38.8 Å². The Hall–Kier alpha value is -2.23. The molecule has 0 spiro atoms. The second-order valence-electron chi connectivity index (χ2n) is 4.82. The van der Waals surface area contributed by atoms with Crippen LogP contribution in [-0.4, -0.2) is 30.6 Å². The largest absolute Gasteiger partial charge is 0.497 e. The third kappa shape index (κ3) is 2.69. The minimum Gasteiger partial charge on any atom is -0.497 e. The molecule has 0 amide bonds. The molecule has 0 N–H and O–H groups in total. The third-order valence-corrected chi connectivity index (χ3v) is 3.51. The maximum atomic E-state index is 12.0. The van der Waals surface area contributed by atoms with Gasteiger partial charge in [0.05, 0.1) is 14.2 Å². The number of methoxy groups -OCH3 is 2. The number of hydrogen-bond acceptors (Lipinski definition) is 4. The molecule has 1 heterocycles. The van der Waals surface area contributed by atoms with Crippen LogP contribution in [0.5, 0.6) is 5.75 Å². The molecule has 4 nitrogen and oxygen atoms in total. The molecule has 1 aliphatic heterocycles. The van der Waals surface area contributed by atoms with Gasteiger partial charge in [0.1, 0.15) is 5.75 Å². The summed E-state index contributed by atoms with van der Waals surface area (Å²) >= 11 is 0. The first-order chi connectivity index (χ1) is 9.60. The smallest absolute Gasteiger partial charge is 0.335 e. The van der Waals surface area contributed by atoms with Gasteiger partial charge in [0.25, 0.3) is 0 Å². The second-order valence-corrected chi connectivity index (χ2v) is 4.82. The molecule has 20 heavy (non-hydrogen) atoms. The van der Waals surface area contributed by atoms with Crippen molar-refractivity contribution >= 4 is 5.97 Å². The van der Waals surface area contributed by atoms with Crippen molar-refractivity contribution in [2.24, 2.45) is 0 Å². The predicted molar refractivity (Wildman–Crippen MR) is 77.2 cm³/mol. The van der Waals surface area contributed by atoms with Crippen molar-refractivity contribution in [1.82, 2.24) is 4.90 Å². The van der Waals surface area contributed by atoms with Crippen LogP contribution < -0.4 is 4.74 Å². The summed E-state index contributed by atoms with van der Waals surface area (Å²) in [6.07, 6.45) is 7.53. The number of hydrogen-bond donors (Lipinski definition) is 0. The number of allylic oxidation sites excluding steroid dienone is 2. The molecule has 1 aliphatic rings. The monoisotopic (exact) mass is 273 g/mol. The van der Waals surface area contributed by atoms with Crippen LogP contribution in [0.2, 0.25) is 0 Å². The number of carbonyl (C=O) groups excluding carboxylic acids is 1. The van der Waals surface area contributed by atoms with E-state index in [4.69, 9.17) is 9.47 Å². The van der Waals surface area contributed by atoms with E-state index in [1.807, 2.05) is 60.5 Å². The summed E-state index contributed by atoms with van der Waals surface area (Å²) in [7, 11) is 3.05. The Balaban J connectivity index is 2.19. The Bertz CT molecular complexity index is 533. The van der Waals surface area contributed by atoms with Crippen molar-refractivity contribution in [3.05, 3.63) is 54.3 Å². The van der Waals surface area contributed by atoms with E-state index in [1.54, 1.807) is 7.11 Å². The van der Waals surface area contributed by atoms with Crippen LogP contribution in [0.4, 0.5) is 0 Å². The van der Waals surface area contributed by atoms with E-state index in [9.17, 15) is 4.79 Å². The van der Waals surface area contributed by atoms with Crippen LogP contribution in [0.3, 0.4) is 0 Å². The van der Waals surface area contributed by atoms with Crippen molar-refractivity contribution in [3.8, 4) is 5.75 Å². The summed E-state index contributed by atoms with van der Waals surface area (Å²) < 4.78 is 10.1. The molecule has 0 radical (unpaired) electrons. The van der Waals surface area contributed by atoms with Gasteiger partial charge >= 0.3 is 5.97 Å². The van der Waals surface area contributed by atoms with Gasteiger partial charge in [-0.25, -0.2) is 4.79 Å². The lowest BCUT2D eigenvalue weighted by Gasteiger charge is -2.37. The first-order valence-electron chi connectivity index (χ1n) is 6.44. The highest BCUT2D eigenvalue weighted by Gasteiger charge is 2.37. The number of esters is 1. The average molecular weight is 273 g/mol. The zero-order chi connectivity index (χ0) is 14.6. The Kier molecular flexibility index (Phi) is 4.13. The van der Waals surface area contributed by atoms with Gasteiger partial charge < -0.3 is 14.4 Å². The zero-order valence-electron chi connectivity index (χ0n) is 12.0. The highest BCUT2D eigenvalue weighted by molar-refractivity contribution is 5.83. The fourth-order valence-corrected chi connectivity index (χ4v) is 2.18. The Labute approximate surface area is 119 Å². The SMILES string of the molecule is COC(=O)[C@]1(C)C=CC=CN1Cc1ccc(OC)cc1. The predicted octanol–water partition coefficient (Wildman–Crippen LogP) is 2.51. The first kappa shape index (κ1) is 14.2. The molecule has 0 saturated heterocycles. The quantitative estimate of drug-likeness (QED) is 0.790. The normalized spacial score (nSPS) is 20.9. The Morgan fingerprint density at radius 1 is 1.20 bits per heavy atom. The van der Waals surface area contributed by atoms with Gasteiger partial charge in [-0.3, -0.25) is 0 Å². The van der Waals surface area contributed by atoms with Crippen molar-refractivity contribution in [3.63, 3.8) is 0 Å². The number of nitrogens with zero attached hydrogens (tertiary/aromatic N) is 1. The zero-order valence-corrected chi connectivity index (χ0v) is 12.0. The molecule has 1 aromatic carbocycles. The van der Waals surface area contributed by atoms with Gasteiger partial charge in [-0.05, 0) is 36.8 Å². The van der Waals surface area contributed by atoms with Crippen molar-refractivity contribution in [2.75, 3.05) is 14.2 Å². The molecule has 4 heteroatoms. The minimum absolute atomic E-state index is 0.272. The van der Waals surface area contributed by atoms with E-state index in [0.717, 1.165) is 11.3 Å². The molecule has 2 rings (SSSR count). The summed E-state index contributed by atoms with van der Waals surface area (Å²) in [5.41, 5.74) is 0.324. The summed E-state index contributed by atoms with van der Waals surface area (Å²) in [6, 6.07) is 7.80. The van der Waals surface area contributed by atoms with Crippen LogP contribution in [0, 0.1) is 0 Å². The van der Waals surface area contributed by atoms with Crippen LogP contribution in [-0.2, 0) is 16.1 Å². The fourth-order valence-electron chi connectivity index (χ4n) is 2.18. The lowest BCUT2D eigenvalue weighted by molar-refractivity contribution is -0.150. The maximum absolute atomic E-state index is 12.0. The van der Waals surface area contributed by atoms with E-state index in [0.29, 0.717) is 6.54 Å². The molecule has 0 aliphatic carbocycles. The molecule has 0 bridgehead atoms. The average Bonchev–Trinajstić information content (AvgIpc) is 2.49. The Morgan fingerprint density at radius 3 is 2.50 bits per heavy atom. The molecule has 1 aromatic rings. The number of ether oxygens (including phenoxy) is 2. The van der Waals surface area contributed by atoms with Gasteiger partial charge in [0.2, 0.25) is 0 Å². The van der Waals surface area contributed by atoms with E-state index >= 15 is 0 Å². The molecule has 0 fully saturated rings.